The Morgan fingerprint density at radius 3 is 2.32 bits per heavy atom. The van der Waals surface area contributed by atoms with Gasteiger partial charge in [-0.1, -0.05) is 40.2 Å². The molecule has 2 fully saturated rings. The normalized spacial score (nSPS) is 21.6. The van der Waals surface area contributed by atoms with Crippen LogP contribution in [-0.4, -0.2) is 66.0 Å². The lowest BCUT2D eigenvalue weighted by molar-refractivity contribution is -0.140. The summed E-state index contributed by atoms with van der Waals surface area (Å²) in [5.74, 6) is -2.06. The zero-order chi connectivity index (χ0) is 22.0. The monoisotopic (exact) mass is 488 g/mol. The molecule has 0 radical (unpaired) electrons. The average Bonchev–Trinajstić information content (AvgIpc) is 3.04. The number of carbonyl (C=O) groups excluding carboxylic acids is 2. The van der Waals surface area contributed by atoms with Crippen LogP contribution in [0.3, 0.4) is 0 Å². The van der Waals surface area contributed by atoms with E-state index in [1.54, 1.807) is 36.4 Å². The van der Waals surface area contributed by atoms with Crippen LogP contribution in [0.1, 0.15) is 17.2 Å². The van der Waals surface area contributed by atoms with Crippen LogP contribution in [-0.2, 0) is 14.3 Å². The van der Waals surface area contributed by atoms with Gasteiger partial charge in [-0.25, -0.2) is 4.39 Å². The molecule has 0 spiro atoms. The summed E-state index contributed by atoms with van der Waals surface area (Å²) in [5, 5.41) is 11.0. The Bertz CT molecular complexity index is 1000. The molecule has 2 aromatic carbocycles. The smallest absolute Gasteiger partial charge is 0.295 e. The summed E-state index contributed by atoms with van der Waals surface area (Å²) < 4.78 is 19.7. The Balaban J connectivity index is 1.72. The van der Waals surface area contributed by atoms with E-state index >= 15 is 0 Å². The molecule has 2 aliphatic heterocycles. The van der Waals surface area contributed by atoms with Gasteiger partial charge in [0.15, 0.2) is 0 Å². The maximum atomic E-state index is 13.5. The van der Waals surface area contributed by atoms with Gasteiger partial charge in [-0.2, -0.15) is 0 Å². The molecular formula is C23H22BrFN2O4. The maximum Gasteiger partial charge on any atom is 0.295 e. The Kier molecular flexibility index (Phi) is 6.50. The van der Waals surface area contributed by atoms with E-state index < -0.39 is 23.5 Å². The van der Waals surface area contributed by atoms with Crippen LogP contribution >= 0.6 is 15.9 Å². The molecule has 4 rings (SSSR count). The molecule has 2 saturated heterocycles. The Morgan fingerprint density at radius 1 is 1.03 bits per heavy atom. The number of halogens is 2. The number of benzene rings is 2. The van der Waals surface area contributed by atoms with E-state index in [0.717, 1.165) is 17.6 Å². The van der Waals surface area contributed by atoms with E-state index in [9.17, 15) is 19.1 Å². The lowest BCUT2D eigenvalue weighted by Gasteiger charge is -2.31. The first kappa shape index (κ1) is 21.7. The highest BCUT2D eigenvalue weighted by Crippen LogP contribution is 2.39. The number of aliphatic hydroxyl groups excluding tert-OH is 1. The summed E-state index contributed by atoms with van der Waals surface area (Å²) in [6.07, 6.45) is 0. The van der Waals surface area contributed by atoms with E-state index in [2.05, 4.69) is 20.8 Å². The van der Waals surface area contributed by atoms with Gasteiger partial charge in [0.1, 0.15) is 11.6 Å². The molecule has 0 aromatic heterocycles. The van der Waals surface area contributed by atoms with Gasteiger partial charge in [-0.05, 0) is 29.8 Å². The number of aliphatic hydroxyl groups is 1. The van der Waals surface area contributed by atoms with Gasteiger partial charge in [0.05, 0.1) is 24.8 Å². The average molecular weight is 489 g/mol. The van der Waals surface area contributed by atoms with Crippen LogP contribution < -0.4 is 0 Å². The summed E-state index contributed by atoms with van der Waals surface area (Å²) in [6.45, 7) is 3.65. The second-order valence-corrected chi connectivity index (χ2v) is 8.42. The van der Waals surface area contributed by atoms with Gasteiger partial charge in [-0.15, -0.1) is 0 Å². The van der Waals surface area contributed by atoms with Crippen LogP contribution in [0, 0.1) is 5.82 Å². The zero-order valence-electron chi connectivity index (χ0n) is 16.8. The molecule has 2 heterocycles. The molecule has 6 nitrogen and oxygen atoms in total. The number of ketones is 1. The standard InChI is InChI=1S/C23H22BrFN2O4/c24-17-5-1-16(2-6-17)21(28)19-20(15-3-7-18(25)8-4-15)27(23(30)22(19)29)10-9-26-11-13-31-14-12-26/h1-8,20,28H,9-14H2. The Hall–Kier alpha value is -2.55. The zero-order valence-corrected chi connectivity index (χ0v) is 18.3. The third kappa shape index (κ3) is 4.56. The number of carbonyl (C=O) groups is 2. The van der Waals surface area contributed by atoms with Crippen LogP contribution in [0.25, 0.3) is 5.76 Å². The fourth-order valence-electron chi connectivity index (χ4n) is 3.94. The summed E-state index contributed by atoms with van der Waals surface area (Å²) in [7, 11) is 0. The number of ether oxygens (including phenoxy) is 1. The van der Waals surface area contributed by atoms with E-state index in [1.165, 1.54) is 17.0 Å². The van der Waals surface area contributed by atoms with Crippen molar-refractivity contribution in [3.05, 3.63) is 75.5 Å². The lowest BCUT2D eigenvalue weighted by atomic mass is 9.95. The number of hydrogen-bond acceptors (Lipinski definition) is 5. The number of hydrogen-bond donors (Lipinski definition) is 1. The lowest BCUT2D eigenvalue weighted by Crippen LogP contribution is -2.42. The van der Waals surface area contributed by atoms with Gasteiger partial charge in [-0.3, -0.25) is 14.5 Å². The fraction of sp³-hybridized carbons (Fsp3) is 0.304. The van der Waals surface area contributed by atoms with E-state index in [1.807, 2.05) is 0 Å². The molecule has 8 heteroatoms. The van der Waals surface area contributed by atoms with Crippen molar-refractivity contribution >= 4 is 33.4 Å². The highest BCUT2D eigenvalue weighted by atomic mass is 79.9. The van der Waals surface area contributed by atoms with Crippen LogP contribution in [0.2, 0.25) is 0 Å². The van der Waals surface area contributed by atoms with Gasteiger partial charge < -0.3 is 14.7 Å². The second-order valence-electron chi connectivity index (χ2n) is 7.50. The third-order valence-corrected chi connectivity index (χ3v) is 6.13. The first-order valence-corrected chi connectivity index (χ1v) is 10.8. The quantitative estimate of drug-likeness (QED) is 0.397. The molecule has 0 bridgehead atoms. The van der Waals surface area contributed by atoms with Crippen molar-refractivity contribution in [1.82, 2.24) is 9.80 Å². The van der Waals surface area contributed by atoms with Crippen molar-refractivity contribution in [2.24, 2.45) is 0 Å². The van der Waals surface area contributed by atoms with E-state index in [-0.39, 0.29) is 11.3 Å². The predicted molar refractivity (Wildman–Crippen MR) is 117 cm³/mol. The topological polar surface area (TPSA) is 70.1 Å². The number of likely N-dealkylation sites (tertiary alicyclic amines) is 1. The van der Waals surface area contributed by atoms with Crippen molar-refractivity contribution < 1.29 is 23.8 Å². The summed E-state index contributed by atoms with van der Waals surface area (Å²) in [4.78, 5) is 29.5. The fourth-order valence-corrected chi connectivity index (χ4v) is 4.20. The maximum absolute atomic E-state index is 13.5. The molecule has 1 N–H and O–H groups in total. The minimum atomic E-state index is -0.787. The van der Waals surface area contributed by atoms with E-state index in [0.29, 0.717) is 37.4 Å². The molecular weight excluding hydrogens is 467 g/mol. The highest BCUT2D eigenvalue weighted by Gasteiger charge is 2.46. The minimum Gasteiger partial charge on any atom is -0.507 e. The molecule has 31 heavy (non-hydrogen) atoms. The van der Waals surface area contributed by atoms with Gasteiger partial charge >= 0.3 is 0 Å². The van der Waals surface area contributed by atoms with Gasteiger partial charge in [0.25, 0.3) is 11.7 Å². The molecule has 2 aromatic rings. The number of Topliss-reactive ketones (excluding diaryl/α,β-unsaturated/α-hetero) is 1. The minimum absolute atomic E-state index is 0.0147. The van der Waals surface area contributed by atoms with Crippen LogP contribution in [0.15, 0.2) is 58.6 Å². The highest BCUT2D eigenvalue weighted by molar-refractivity contribution is 9.10. The molecule has 2 aliphatic rings. The number of rotatable bonds is 5. The van der Waals surface area contributed by atoms with Crippen molar-refractivity contribution in [1.29, 1.82) is 0 Å². The molecule has 162 valence electrons. The number of morpholine rings is 1. The van der Waals surface area contributed by atoms with Crippen molar-refractivity contribution in [3.63, 3.8) is 0 Å². The second kappa shape index (κ2) is 9.30. The molecule has 1 unspecified atom stereocenters. The van der Waals surface area contributed by atoms with Gasteiger partial charge in [0, 0.05) is 36.2 Å². The van der Waals surface area contributed by atoms with Crippen molar-refractivity contribution in [2.45, 2.75) is 6.04 Å². The molecule has 0 saturated carbocycles. The van der Waals surface area contributed by atoms with Gasteiger partial charge in [0.2, 0.25) is 0 Å². The van der Waals surface area contributed by atoms with Crippen LogP contribution in [0.4, 0.5) is 4.39 Å². The molecule has 1 amide bonds. The van der Waals surface area contributed by atoms with Crippen LogP contribution in [0.5, 0.6) is 0 Å². The summed E-state index contributed by atoms with van der Waals surface area (Å²) in [5.41, 5.74) is 1.02. The first-order chi connectivity index (χ1) is 15.0. The largest absolute Gasteiger partial charge is 0.507 e. The van der Waals surface area contributed by atoms with E-state index in [4.69, 9.17) is 4.74 Å². The summed E-state index contributed by atoms with van der Waals surface area (Å²) >= 11 is 3.35. The summed E-state index contributed by atoms with van der Waals surface area (Å²) in [6, 6.07) is 11.7. The molecule has 0 aliphatic carbocycles. The predicted octanol–water partition coefficient (Wildman–Crippen LogP) is 3.34. The Labute approximate surface area is 188 Å². The molecule has 1 atom stereocenters. The number of amides is 1. The van der Waals surface area contributed by atoms with Crippen molar-refractivity contribution in [2.75, 3.05) is 39.4 Å². The van der Waals surface area contributed by atoms with Crippen molar-refractivity contribution in [3.8, 4) is 0 Å². The third-order valence-electron chi connectivity index (χ3n) is 5.60. The Morgan fingerprint density at radius 2 is 1.68 bits per heavy atom. The SMILES string of the molecule is O=C1C(=O)N(CCN2CCOCC2)C(c2ccc(F)cc2)C1=C(O)c1ccc(Br)cc1. The first-order valence-electron chi connectivity index (χ1n) is 10.1. The number of nitrogens with zero attached hydrogens (tertiary/aromatic N) is 2.